The van der Waals surface area contributed by atoms with Crippen LogP contribution in [0.3, 0.4) is 0 Å². The molecule has 5 heterocycles. The summed E-state index contributed by atoms with van der Waals surface area (Å²) in [6, 6.07) is 14.2. The second kappa shape index (κ2) is 11.3. The molecule has 0 atom stereocenters. The Morgan fingerprint density at radius 2 is 1.93 bits per heavy atom. The maximum atomic E-state index is 14.3. The topological polar surface area (TPSA) is 134 Å². The minimum absolute atomic E-state index is 0.00738. The molecule has 0 radical (unpaired) electrons. The van der Waals surface area contributed by atoms with E-state index in [1.165, 1.54) is 19.2 Å². The van der Waals surface area contributed by atoms with Gasteiger partial charge in [0.15, 0.2) is 11.5 Å². The van der Waals surface area contributed by atoms with Crippen LogP contribution >= 0.6 is 0 Å². The van der Waals surface area contributed by atoms with Crippen molar-refractivity contribution < 1.29 is 13.9 Å². The van der Waals surface area contributed by atoms with Crippen LogP contribution in [-0.4, -0.2) is 56.2 Å². The van der Waals surface area contributed by atoms with E-state index in [1.807, 2.05) is 24.3 Å². The van der Waals surface area contributed by atoms with Gasteiger partial charge in [-0.15, -0.1) is 0 Å². The van der Waals surface area contributed by atoms with E-state index in [0.717, 1.165) is 53.5 Å². The number of hydrogen-bond donors (Lipinski definition) is 4. The van der Waals surface area contributed by atoms with Gasteiger partial charge in [-0.25, -0.2) is 14.4 Å². The number of H-pyrrole nitrogens is 2. The molecule has 0 bridgehead atoms. The molecule has 0 saturated carbocycles. The van der Waals surface area contributed by atoms with Gasteiger partial charge >= 0.3 is 0 Å². The van der Waals surface area contributed by atoms with Gasteiger partial charge in [0.25, 0.3) is 0 Å². The summed E-state index contributed by atoms with van der Waals surface area (Å²) < 4.78 is 19.6. The number of rotatable bonds is 7. The predicted octanol–water partition coefficient (Wildman–Crippen LogP) is 5.71. The highest BCUT2D eigenvalue weighted by Gasteiger charge is 2.19. The number of nitrogens with one attached hydrogen (secondary N) is 4. The summed E-state index contributed by atoms with van der Waals surface area (Å²) in [7, 11) is 1.50. The van der Waals surface area contributed by atoms with E-state index in [2.05, 4.69) is 35.8 Å². The zero-order valence-electron chi connectivity index (χ0n) is 23.4. The molecule has 1 fully saturated rings. The molecule has 10 nitrogen and oxygen atoms in total. The third-order valence-corrected chi connectivity index (χ3v) is 7.88. The summed E-state index contributed by atoms with van der Waals surface area (Å²) in [6.07, 6.45) is 7.63. The molecule has 216 valence electrons. The minimum atomic E-state index is -0.402. The lowest BCUT2D eigenvalue weighted by molar-refractivity contribution is -0.117. The number of aromatic nitrogens is 6. The van der Waals surface area contributed by atoms with Gasteiger partial charge in [-0.2, -0.15) is 5.10 Å². The number of halogens is 1. The first kappa shape index (κ1) is 26.7. The van der Waals surface area contributed by atoms with E-state index in [9.17, 15) is 9.18 Å². The number of nitrogens with zero attached hydrogens (tertiary/aromatic N) is 4. The first-order chi connectivity index (χ1) is 21.0. The highest BCUT2D eigenvalue weighted by Crippen LogP contribution is 2.34. The third kappa shape index (κ3) is 5.42. The summed E-state index contributed by atoms with van der Waals surface area (Å²) >= 11 is 0. The fraction of sp³-hybridized carbons (Fsp3) is 0.219. The van der Waals surface area contributed by atoms with Crippen LogP contribution in [0.4, 0.5) is 10.1 Å². The molecule has 4 aromatic heterocycles. The molecule has 1 amide bonds. The Kier molecular flexibility index (Phi) is 6.99. The number of methoxy groups -OCH3 is 1. The minimum Gasteiger partial charge on any atom is -0.497 e. The number of pyridine rings is 2. The van der Waals surface area contributed by atoms with E-state index in [1.54, 1.807) is 30.7 Å². The van der Waals surface area contributed by atoms with Crippen LogP contribution in [0, 0.1) is 11.7 Å². The van der Waals surface area contributed by atoms with Crippen molar-refractivity contribution in [2.24, 2.45) is 5.92 Å². The van der Waals surface area contributed by atoms with Gasteiger partial charge < -0.3 is 20.4 Å². The van der Waals surface area contributed by atoms with Gasteiger partial charge in [-0.05, 0) is 79.4 Å². The van der Waals surface area contributed by atoms with E-state index < -0.39 is 5.82 Å². The molecule has 1 aliphatic heterocycles. The van der Waals surface area contributed by atoms with Crippen LogP contribution < -0.4 is 15.4 Å². The number of imidazole rings is 1. The third-order valence-electron chi connectivity index (χ3n) is 7.88. The van der Waals surface area contributed by atoms with Gasteiger partial charge in [0, 0.05) is 41.4 Å². The SMILES string of the molecule is COc1cc(F)cc(-c2ccnc3[nH]c(-c4n[nH]c5ccc(-c6cncc(NC(=O)CC7CCNCC7)c6)cc45)nc23)c1. The summed E-state index contributed by atoms with van der Waals surface area (Å²) in [5.74, 6) is 0.953. The van der Waals surface area contributed by atoms with Crippen LogP contribution in [0.25, 0.3) is 55.8 Å². The zero-order valence-corrected chi connectivity index (χ0v) is 23.4. The lowest BCUT2D eigenvalue weighted by atomic mass is 9.94. The molecule has 1 aliphatic rings. The van der Waals surface area contributed by atoms with Gasteiger partial charge in [0.2, 0.25) is 5.91 Å². The molecule has 0 aliphatic carbocycles. The lowest BCUT2D eigenvalue weighted by Crippen LogP contribution is -2.30. The lowest BCUT2D eigenvalue weighted by Gasteiger charge is -2.21. The van der Waals surface area contributed by atoms with E-state index >= 15 is 0 Å². The van der Waals surface area contributed by atoms with Crippen molar-refractivity contribution in [3.63, 3.8) is 0 Å². The van der Waals surface area contributed by atoms with Gasteiger partial charge in [0.05, 0.1) is 24.5 Å². The molecule has 0 spiro atoms. The number of piperidine rings is 1. The molecule has 11 heteroatoms. The molecular weight excluding hydrogens is 547 g/mol. The van der Waals surface area contributed by atoms with Crippen molar-refractivity contribution >= 4 is 33.7 Å². The molecular formula is C32H29FN8O2. The molecule has 7 rings (SSSR count). The standard InChI is InChI=1S/C32H29FN8O2/c1-43-24-13-20(11-22(33)15-24)25-6-9-36-31-29(25)38-32(39-31)30-26-14-19(2-3-27(26)40-41-30)21-12-23(17-35-16-21)37-28(42)10-18-4-7-34-8-5-18/h2-3,6,9,11-18,34H,4-5,7-8,10H2,1H3,(H,37,42)(H,40,41)(H,36,38,39). The van der Waals surface area contributed by atoms with Gasteiger partial charge in [-0.1, -0.05) is 6.07 Å². The Hall–Kier alpha value is -5.16. The largest absolute Gasteiger partial charge is 0.497 e. The molecule has 2 aromatic carbocycles. The second-order valence-electron chi connectivity index (χ2n) is 10.8. The summed E-state index contributed by atoms with van der Waals surface area (Å²) in [6.45, 7) is 1.92. The van der Waals surface area contributed by atoms with Crippen molar-refractivity contribution in [3.8, 4) is 39.5 Å². The van der Waals surface area contributed by atoms with Crippen LogP contribution in [0.15, 0.2) is 67.1 Å². The molecule has 43 heavy (non-hydrogen) atoms. The second-order valence-corrected chi connectivity index (χ2v) is 10.8. The number of ether oxygens (including phenoxy) is 1. The van der Waals surface area contributed by atoms with E-state index in [4.69, 9.17) is 9.72 Å². The van der Waals surface area contributed by atoms with Crippen molar-refractivity contribution in [1.29, 1.82) is 0 Å². The number of carbonyl (C=O) groups is 1. The quantitative estimate of drug-likeness (QED) is 0.191. The number of hydrogen-bond acceptors (Lipinski definition) is 7. The normalized spacial score (nSPS) is 13.9. The predicted molar refractivity (Wildman–Crippen MR) is 163 cm³/mol. The zero-order chi connectivity index (χ0) is 29.3. The number of amides is 1. The van der Waals surface area contributed by atoms with E-state index in [-0.39, 0.29) is 5.91 Å². The fourth-order valence-electron chi connectivity index (χ4n) is 5.69. The number of benzene rings is 2. The Labute approximate surface area is 246 Å². The average Bonchev–Trinajstić information content (AvgIpc) is 3.65. The van der Waals surface area contributed by atoms with Crippen molar-refractivity contribution in [2.75, 3.05) is 25.5 Å². The Bertz CT molecular complexity index is 1960. The number of carbonyl (C=O) groups excluding carboxylic acids is 1. The van der Waals surface area contributed by atoms with Crippen molar-refractivity contribution in [2.45, 2.75) is 19.3 Å². The first-order valence-corrected chi connectivity index (χ1v) is 14.2. The van der Waals surface area contributed by atoms with Gasteiger partial charge in [-0.3, -0.25) is 14.9 Å². The molecule has 1 saturated heterocycles. The Morgan fingerprint density at radius 1 is 1.05 bits per heavy atom. The summed E-state index contributed by atoms with van der Waals surface area (Å²) in [5.41, 5.74) is 6.39. The maximum absolute atomic E-state index is 14.3. The smallest absolute Gasteiger partial charge is 0.224 e. The maximum Gasteiger partial charge on any atom is 0.224 e. The molecule has 0 unspecified atom stereocenters. The van der Waals surface area contributed by atoms with Crippen LogP contribution in [0.2, 0.25) is 0 Å². The fourth-order valence-corrected chi connectivity index (χ4v) is 5.69. The average molecular weight is 577 g/mol. The Balaban J connectivity index is 1.20. The van der Waals surface area contributed by atoms with Crippen LogP contribution in [-0.2, 0) is 4.79 Å². The number of fused-ring (bicyclic) bond motifs is 2. The first-order valence-electron chi connectivity index (χ1n) is 14.2. The Morgan fingerprint density at radius 3 is 2.79 bits per heavy atom. The van der Waals surface area contributed by atoms with Crippen molar-refractivity contribution in [3.05, 3.63) is 72.9 Å². The number of anilines is 1. The van der Waals surface area contributed by atoms with Crippen LogP contribution in [0.5, 0.6) is 5.75 Å². The number of aromatic amines is 2. The summed E-state index contributed by atoms with van der Waals surface area (Å²) in [4.78, 5) is 29.6. The highest BCUT2D eigenvalue weighted by molar-refractivity contribution is 5.98. The van der Waals surface area contributed by atoms with Crippen molar-refractivity contribution in [1.82, 2.24) is 35.5 Å². The van der Waals surface area contributed by atoms with Crippen LogP contribution in [0.1, 0.15) is 19.3 Å². The summed E-state index contributed by atoms with van der Waals surface area (Å²) in [5, 5.41) is 14.8. The molecule has 6 aromatic rings. The van der Waals surface area contributed by atoms with Gasteiger partial charge in [0.1, 0.15) is 22.8 Å². The highest BCUT2D eigenvalue weighted by atomic mass is 19.1. The monoisotopic (exact) mass is 576 g/mol. The van der Waals surface area contributed by atoms with E-state index in [0.29, 0.717) is 52.0 Å². The molecule has 4 N–H and O–H groups in total.